The van der Waals surface area contributed by atoms with Gasteiger partial charge in [0.2, 0.25) is 0 Å². The molecule has 0 radical (unpaired) electrons. The molecule has 4 heteroatoms. The smallest absolute Gasteiger partial charge is 0.130 e. The fraction of sp³-hybridized carbons (Fsp3) is 0.200. The molecule has 0 aliphatic heterocycles. The summed E-state index contributed by atoms with van der Waals surface area (Å²) in [6.45, 7) is 2.35. The molecule has 0 unspecified atom stereocenters. The highest BCUT2D eigenvalue weighted by Gasteiger charge is 2.06. The standard InChI is InChI=1S/C15H15ClFNO/c1-10-8-12(17)3-5-15(10)19-13-4-2-11(6-7-18)14(16)9-13/h2-5,8-9H,6-7,18H2,1H3. The van der Waals surface area contributed by atoms with E-state index in [1.807, 2.05) is 12.1 Å². The molecule has 0 amide bonds. The Morgan fingerprint density at radius 3 is 2.63 bits per heavy atom. The van der Waals surface area contributed by atoms with E-state index in [9.17, 15) is 4.39 Å². The Kier molecular flexibility index (Phi) is 4.40. The maximum atomic E-state index is 13.0. The Morgan fingerprint density at radius 2 is 2.00 bits per heavy atom. The highest BCUT2D eigenvalue weighted by atomic mass is 35.5. The number of benzene rings is 2. The van der Waals surface area contributed by atoms with E-state index in [4.69, 9.17) is 22.1 Å². The minimum atomic E-state index is -0.277. The molecule has 2 nitrogen and oxygen atoms in total. The third kappa shape index (κ3) is 3.46. The van der Waals surface area contributed by atoms with Crippen LogP contribution in [0.3, 0.4) is 0 Å². The lowest BCUT2D eigenvalue weighted by molar-refractivity contribution is 0.476. The van der Waals surface area contributed by atoms with Crippen molar-refractivity contribution in [3.8, 4) is 11.5 Å². The molecule has 0 heterocycles. The van der Waals surface area contributed by atoms with Crippen LogP contribution in [0.15, 0.2) is 36.4 Å². The van der Waals surface area contributed by atoms with Gasteiger partial charge in [0.05, 0.1) is 0 Å². The molecule has 0 atom stereocenters. The number of ether oxygens (including phenoxy) is 1. The topological polar surface area (TPSA) is 35.2 Å². The summed E-state index contributed by atoms with van der Waals surface area (Å²) in [6.07, 6.45) is 0.731. The Labute approximate surface area is 117 Å². The predicted octanol–water partition coefficient (Wildman–Crippen LogP) is 4.08. The van der Waals surface area contributed by atoms with Crippen LogP contribution in [-0.4, -0.2) is 6.54 Å². The van der Waals surface area contributed by atoms with Crippen molar-refractivity contribution in [2.24, 2.45) is 5.73 Å². The zero-order chi connectivity index (χ0) is 13.8. The summed E-state index contributed by atoms with van der Waals surface area (Å²) in [5.41, 5.74) is 7.23. The van der Waals surface area contributed by atoms with E-state index in [2.05, 4.69) is 0 Å². The molecule has 0 bridgehead atoms. The monoisotopic (exact) mass is 279 g/mol. The molecule has 2 aromatic rings. The van der Waals surface area contributed by atoms with Crippen molar-refractivity contribution in [3.05, 3.63) is 58.4 Å². The normalized spacial score (nSPS) is 10.5. The van der Waals surface area contributed by atoms with Crippen molar-refractivity contribution in [2.75, 3.05) is 6.54 Å². The second-order valence-electron chi connectivity index (χ2n) is 4.30. The molecule has 19 heavy (non-hydrogen) atoms. The first kappa shape index (κ1) is 13.8. The number of hydrogen-bond donors (Lipinski definition) is 1. The van der Waals surface area contributed by atoms with Crippen LogP contribution >= 0.6 is 11.6 Å². The van der Waals surface area contributed by atoms with E-state index in [-0.39, 0.29) is 5.82 Å². The molecule has 2 N–H and O–H groups in total. The van der Waals surface area contributed by atoms with E-state index in [1.54, 1.807) is 19.1 Å². The average Bonchev–Trinajstić information content (AvgIpc) is 2.36. The zero-order valence-electron chi connectivity index (χ0n) is 10.6. The third-order valence-electron chi connectivity index (χ3n) is 2.80. The number of halogens is 2. The molecule has 2 rings (SSSR count). The molecule has 0 fully saturated rings. The number of nitrogens with two attached hydrogens (primary N) is 1. The zero-order valence-corrected chi connectivity index (χ0v) is 11.4. The highest BCUT2D eigenvalue weighted by Crippen LogP contribution is 2.29. The Balaban J connectivity index is 2.21. The van der Waals surface area contributed by atoms with Crippen LogP contribution in [0, 0.1) is 12.7 Å². The van der Waals surface area contributed by atoms with Gasteiger partial charge in [-0.2, -0.15) is 0 Å². The minimum Gasteiger partial charge on any atom is -0.457 e. The van der Waals surface area contributed by atoms with Gasteiger partial charge in [-0.1, -0.05) is 17.7 Å². The Bertz CT molecular complexity index is 586. The van der Waals surface area contributed by atoms with E-state index >= 15 is 0 Å². The SMILES string of the molecule is Cc1cc(F)ccc1Oc1ccc(CCN)c(Cl)c1. The molecule has 0 aliphatic carbocycles. The summed E-state index contributed by atoms with van der Waals surface area (Å²) in [7, 11) is 0. The average molecular weight is 280 g/mol. The fourth-order valence-electron chi connectivity index (χ4n) is 1.80. The van der Waals surface area contributed by atoms with Gasteiger partial charge in [-0.15, -0.1) is 0 Å². The Morgan fingerprint density at radius 1 is 1.21 bits per heavy atom. The van der Waals surface area contributed by atoms with Gasteiger partial charge in [0.25, 0.3) is 0 Å². The summed E-state index contributed by atoms with van der Waals surface area (Å²) in [5, 5.41) is 0.628. The van der Waals surface area contributed by atoms with Gasteiger partial charge < -0.3 is 10.5 Å². The van der Waals surface area contributed by atoms with Crippen LogP contribution in [0.1, 0.15) is 11.1 Å². The van der Waals surface area contributed by atoms with Crippen LogP contribution < -0.4 is 10.5 Å². The van der Waals surface area contributed by atoms with Crippen LogP contribution in [0.2, 0.25) is 5.02 Å². The summed E-state index contributed by atoms with van der Waals surface area (Å²) >= 11 is 6.14. The number of rotatable bonds is 4. The van der Waals surface area contributed by atoms with Crippen molar-refractivity contribution >= 4 is 11.6 Å². The van der Waals surface area contributed by atoms with Gasteiger partial charge in [-0.05, 0) is 61.3 Å². The van der Waals surface area contributed by atoms with Crippen LogP contribution in [-0.2, 0) is 6.42 Å². The summed E-state index contributed by atoms with van der Waals surface area (Å²) in [5.74, 6) is 0.964. The molecule has 0 aromatic heterocycles. The molecular formula is C15H15ClFNO. The molecule has 0 saturated heterocycles. The number of hydrogen-bond acceptors (Lipinski definition) is 2. The summed E-state index contributed by atoms with van der Waals surface area (Å²) in [6, 6.07) is 9.87. The first-order valence-corrected chi connectivity index (χ1v) is 6.40. The predicted molar refractivity (Wildman–Crippen MR) is 75.4 cm³/mol. The van der Waals surface area contributed by atoms with Crippen molar-refractivity contribution in [1.82, 2.24) is 0 Å². The fourth-order valence-corrected chi connectivity index (χ4v) is 2.07. The Hall–Kier alpha value is -1.58. The van der Waals surface area contributed by atoms with Crippen LogP contribution in [0.4, 0.5) is 4.39 Å². The van der Waals surface area contributed by atoms with E-state index in [1.165, 1.54) is 12.1 Å². The molecule has 0 saturated carbocycles. The molecule has 2 aromatic carbocycles. The van der Waals surface area contributed by atoms with Gasteiger partial charge in [0.15, 0.2) is 0 Å². The molecule has 0 aliphatic rings. The molecular weight excluding hydrogens is 265 g/mol. The van der Waals surface area contributed by atoms with Crippen LogP contribution in [0.5, 0.6) is 11.5 Å². The van der Waals surface area contributed by atoms with E-state index in [0.29, 0.717) is 23.1 Å². The molecule has 100 valence electrons. The quantitative estimate of drug-likeness (QED) is 0.915. The largest absolute Gasteiger partial charge is 0.457 e. The second kappa shape index (κ2) is 6.04. The second-order valence-corrected chi connectivity index (χ2v) is 4.71. The maximum Gasteiger partial charge on any atom is 0.130 e. The first-order chi connectivity index (χ1) is 9.10. The minimum absolute atomic E-state index is 0.277. The maximum absolute atomic E-state index is 13.0. The lowest BCUT2D eigenvalue weighted by Gasteiger charge is -2.10. The van der Waals surface area contributed by atoms with E-state index in [0.717, 1.165) is 17.5 Å². The lowest BCUT2D eigenvalue weighted by atomic mass is 10.1. The van der Waals surface area contributed by atoms with Crippen molar-refractivity contribution in [3.63, 3.8) is 0 Å². The lowest BCUT2D eigenvalue weighted by Crippen LogP contribution is -2.03. The van der Waals surface area contributed by atoms with Crippen molar-refractivity contribution < 1.29 is 9.13 Å². The van der Waals surface area contributed by atoms with Gasteiger partial charge in [-0.3, -0.25) is 0 Å². The van der Waals surface area contributed by atoms with Crippen LogP contribution in [0.25, 0.3) is 0 Å². The van der Waals surface area contributed by atoms with Gasteiger partial charge in [0, 0.05) is 5.02 Å². The summed E-state index contributed by atoms with van der Waals surface area (Å²) < 4.78 is 18.7. The van der Waals surface area contributed by atoms with Gasteiger partial charge >= 0.3 is 0 Å². The van der Waals surface area contributed by atoms with Gasteiger partial charge in [0.1, 0.15) is 17.3 Å². The first-order valence-electron chi connectivity index (χ1n) is 6.02. The number of aryl methyl sites for hydroxylation is 1. The van der Waals surface area contributed by atoms with Crippen molar-refractivity contribution in [2.45, 2.75) is 13.3 Å². The summed E-state index contributed by atoms with van der Waals surface area (Å²) in [4.78, 5) is 0. The third-order valence-corrected chi connectivity index (χ3v) is 3.15. The van der Waals surface area contributed by atoms with Gasteiger partial charge in [-0.25, -0.2) is 4.39 Å². The molecule has 0 spiro atoms. The van der Waals surface area contributed by atoms with E-state index < -0.39 is 0 Å². The highest BCUT2D eigenvalue weighted by molar-refractivity contribution is 6.31. The van der Waals surface area contributed by atoms with Crippen molar-refractivity contribution in [1.29, 1.82) is 0 Å².